The molecule has 0 N–H and O–H groups in total. The summed E-state index contributed by atoms with van der Waals surface area (Å²) in [6.45, 7) is 2.23. The quantitative estimate of drug-likeness (QED) is 0.407. The van der Waals surface area contributed by atoms with E-state index in [1.807, 2.05) is 31.2 Å². The maximum Gasteiger partial charge on any atom is 0.316 e. The van der Waals surface area contributed by atoms with E-state index < -0.39 is 11.9 Å². The molecule has 2 saturated heterocycles. The number of ether oxygens (including phenoxy) is 1. The maximum atomic E-state index is 12.9. The number of rotatable bonds is 4. The number of amides is 3. The summed E-state index contributed by atoms with van der Waals surface area (Å²) in [5.74, 6) is -1.75. The van der Waals surface area contributed by atoms with Crippen molar-refractivity contribution in [2.75, 3.05) is 16.3 Å². The number of aryl methyl sites for hydroxylation is 1. The summed E-state index contributed by atoms with van der Waals surface area (Å²) in [7, 11) is 0. The van der Waals surface area contributed by atoms with E-state index in [1.165, 1.54) is 4.90 Å². The van der Waals surface area contributed by atoms with Gasteiger partial charge in [0.2, 0.25) is 17.7 Å². The van der Waals surface area contributed by atoms with Gasteiger partial charge in [0, 0.05) is 24.7 Å². The van der Waals surface area contributed by atoms with Gasteiger partial charge in [0.15, 0.2) is 0 Å². The number of esters is 1. The van der Waals surface area contributed by atoms with Crippen LogP contribution in [0.5, 0.6) is 5.75 Å². The van der Waals surface area contributed by atoms with E-state index in [0.29, 0.717) is 5.69 Å². The normalized spacial score (nSPS) is 24.9. The van der Waals surface area contributed by atoms with Crippen LogP contribution in [0.1, 0.15) is 37.7 Å². The molecule has 33 heavy (non-hydrogen) atoms. The highest BCUT2D eigenvalue weighted by molar-refractivity contribution is 6.22. The van der Waals surface area contributed by atoms with Gasteiger partial charge in [-0.2, -0.15) is 0 Å². The lowest BCUT2D eigenvalue weighted by molar-refractivity contribution is -0.139. The Hall–Kier alpha value is -3.48. The molecule has 5 rings (SSSR count). The van der Waals surface area contributed by atoms with Crippen LogP contribution in [0.3, 0.4) is 0 Å². The fourth-order valence-electron chi connectivity index (χ4n) is 5.14. The molecule has 7 heteroatoms. The second-order valence-corrected chi connectivity index (χ2v) is 9.17. The van der Waals surface area contributed by atoms with Crippen LogP contribution < -0.4 is 14.5 Å². The van der Waals surface area contributed by atoms with E-state index in [4.69, 9.17) is 4.74 Å². The predicted octanol–water partition coefficient (Wildman–Crippen LogP) is 3.63. The van der Waals surface area contributed by atoms with Crippen molar-refractivity contribution in [2.24, 2.45) is 17.8 Å². The summed E-state index contributed by atoms with van der Waals surface area (Å²) in [5, 5.41) is 0. The van der Waals surface area contributed by atoms with Gasteiger partial charge in [0.25, 0.3) is 0 Å². The van der Waals surface area contributed by atoms with E-state index in [0.717, 1.165) is 36.9 Å². The molecule has 7 nitrogen and oxygen atoms in total. The van der Waals surface area contributed by atoms with Crippen LogP contribution >= 0.6 is 0 Å². The third-order valence-electron chi connectivity index (χ3n) is 6.94. The zero-order valence-electron chi connectivity index (χ0n) is 18.5. The van der Waals surface area contributed by atoms with Crippen molar-refractivity contribution in [3.8, 4) is 5.75 Å². The number of carbonyl (C=O) groups excluding carboxylic acids is 4. The summed E-state index contributed by atoms with van der Waals surface area (Å²) in [4.78, 5) is 53.9. The van der Waals surface area contributed by atoms with Crippen molar-refractivity contribution < 1.29 is 23.9 Å². The minimum atomic E-state index is -0.583. The molecular formula is C26H26N2O5. The van der Waals surface area contributed by atoms with Crippen LogP contribution in [0, 0.1) is 24.7 Å². The molecule has 3 atom stereocenters. The fraction of sp³-hybridized carbons (Fsp3) is 0.385. The van der Waals surface area contributed by atoms with Gasteiger partial charge in [-0.1, -0.05) is 36.6 Å². The van der Waals surface area contributed by atoms with Gasteiger partial charge in [0.05, 0.1) is 23.4 Å². The molecule has 2 aliphatic heterocycles. The van der Waals surface area contributed by atoms with E-state index in [9.17, 15) is 19.2 Å². The number of carbonyl (C=O) groups is 4. The number of nitrogens with zero attached hydrogens (tertiary/aromatic N) is 2. The Labute approximate surface area is 192 Å². The van der Waals surface area contributed by atoms with Gasteiger partial charge < -0.3 is 9.64 Å². The van der Waals surface area contributed by atoms with Crippen LogP contribution in [0.15, 0.2) is 48.5 Å². The van der Waals surface area contributed by atoms with Crippen molar-refractivity contribution in [3.63, 3.8) is 0 Å². The molecular weight excluding hydrogens is 420 g/mol. The first kappa shape index (κ1) is 21.4. The molecule has 0 bridgehead atoms. The first-order valence-corrected chi connectivity index (χ1v) is 11.5. The summed E-state index contributed by atoms with van der Waals surface area (Å²) in [6.07, 6.45) is 3.50. The average Bonchev–Trinajstić information content (AvgIpc) is 3.32. The Morgan fingerprint density at radius 2 is 1.58 bits per heavy atom. The number of imide groups is 1. The first-order chi connectivity index (χ1) is 15.9. The fourth-order valence-corrected chi connectivity index (χ4v) is 5.14. The van der Waals surface area contributed by atoms with Crippen molar-refractivity contribution in [1.29, 1.82) is 0 Å². The maximum absolute atomic E-state index is 12.9. The summed E-state index contributed by atoms with van der Waals surface area (Å²) in [5.41, 5.74) is 2.28. The van der Waals surface area contributed by atoms with Gasteiger partial charge >= 0.3 is 5.97 Å². The predicted molar refractivity (Wildman–Crippen MR) is 122 cm³/mol. The van der Waals surface area contributed by atoms with E-state index in [-0.39, 0.29) is 48.3 Å². The SMILES string of the molecule is Cc1ccc(N2CC(C(=O)Oc3cccc(N4C(=O)C5CCCCC5C4=O)c3)CC2=O)cc1. The van der Waals surface area contributed by atoms with Gasteiger partial charge in [0.1, 0.15) is 5.75 Å². The molecule has 3 fully saturated rings. The Morgan fingerprint density at radius 1 is 0.909 bits per heavy atom. The zero-order chi connectivity index (χ0) is 23.1. The molecule has 0 aromatic heterocycles. The monoisotopic (exact) mass is 446 g/mol. The number of hydrogen-bond acceptors (Lipinski definition) is 5. The van der Waals surface area contributed by atoms with Gasteiger partial charge in [-0.15, -0.1) is 0 Å². The minimum Gasteiger partial charge on any atom is -0.426 e. The minimum absolute atomic E-state index is 0.0822. The van der Waals surface area contributed by atoms with Crippen LogP contribution in [0.25, 0.3) is 0 Å². The number of hydrogen-bond donors (Lipinski definition) is 0. The smallest absolute Gasteiger partial charge is 0.316 e. The summed E-state index contributed by atoms with van der Waals surface area (Å²) < 4.78 is 5.57. The second kappa shape index (κ2) is 8.46. The molecule has 3 aliphatic rings. The van der Waals surface area contributed by atoms with Gasteiger partial charge in [-0.3, -0.25) is 19.2 Å². The van der Waals surface area contributed by atoms with E-state index in [2.05, 4.69) is 0 Å². The highest BCUT2D eigenvalue weighted by Crippen LogP contribution is 2.40. The molecule has 2 aromatic carbocycles. The van der Waals surface area contributed by atoms with Crippen LogP contribution in [-0.4, -0.2) is 30.2 Å². The Morgan fingerprint density at radius 3 is 2.24 bits per heavy atom. The largest absolute Gasteiger partial charge is 0.426 e. The van der Waals surface area contributed by atoms with Crippen molar-refractivity contribution in [3.05, 3.63) is 54.1 Å². The van der Waals surface area contributed by atoms with Gasteiger partial charge in [-0.05, 0) is 44.0 Å². The molecule has 0 radical (unpaired) electrons. The average molecular weight is 447 g/mol. The standard InChI is InChI=1S/C26H26N2O5/c1-16-9-11-18(12-10-16)27-15-17(13-23(27)29)26(32)33-20-6-4-5-19(14-20)28-24(30)21-7-2-3-8-22(21)25(28)31/h4-6,9-12,14,17,21-22H,2-3,7-8,13,15H2,1H3. The summed E-state index contributed by atoms with van der Waals surface area (Å²) >= 11 is 0. The topological polar surface area (TPSA) is 84.0 Å². The summed E-state index contributed by atoms with van der Waals surface area (Å²) in [6, 6.07) is 14.1. The number of anilines is 2. The van der Waals surface area contributed by atoms with Crippen LogP contribution in [0.2, 0.25) is 0 Å². The van der Waals surface area contributed by atoms with Crippen LogP contribution in [0.4, 0.5) is 11.4 Å². The van der Waals surface area contributed by atoms with E-state index >= 15 is 0 Å². The molecule has 1 saturated carbocycles. The molecule has 0 spiro atoms. The lowest BCUT2D eigenvalue weighted by atomic mass is 9.81. The highest BCUT2D eigenvalue weighted by Gasteiger charge is 2.48. The molecule has 170 valence electrons. The molecule has 2 aromatic rings. The lowest BCUT2D eigenvalue weighted by Gasteiger charge is -2.19. The molecule has 1 aliphatic carbocycles. The Bertz CT molecular complexity index is 1100. The number of benzene rings is 2. The third kappa shape index (κ3) is 3.92. The van der Waals surface area contributed by atoms with Crippen molar-refractivity contribution in [1.82, 2.24) is 0 Å². The molecule has 2 heterocycles. The lowest BCUT2D eigenvalue weighted by Crippen LogP contribution is -2.31. The zero-order valence-corrected chi connectivity index (χ0v) is 18.5. The first-order valence-electron chi connectivity index (χ1n) is 11.5. The van der Waals surface area contributed by atoms with Crippen molar-refractivity contribution in [2.45, 2.75) is 39.0 Å². The number of fused-ring (bicyclic) bond motifs is 1. The second-order valence-electron chi connectivity index (χ2n) is 9.17. The van der Waals surface area contributed by atoms with Crippen LogP contribution in [-0.2, 0) is 19.2 Å². The highest BCUT2D eigenvalue weighted by atomic mass is 16.5. The molecule has 3 amide bonds. The van der Waals surface area contributed by atoms with Crippen molar-refractivity contribution >= 4 is 35.1 Å². The van der Waals surface area contributed by atoms with E-state index in [1.54, 1.807) is 29.2 Å². The Kier molecular flexibility index (Phi) is 5.48. The Balaban J connectivity index is 1.29. The molecule has 3 unspecified atom stereocenters. The third-order valence-corrected chi connectivity index (χ3v) is 6.94. The van der Waals surface area contributed by atoms with Gasteiger partial charge in [-0.25, -0.2) is 4.90 Å².